The van der Waals surface area contributed by atoms with Crippen molar-refractivity contribution in [3.63, 3.8) is 0 Å². The van der Waals surface area contributed by atoms with Crippen molar-refractivity contribution in [2.24, 2.45) is 0 Å². The number of rotatable bonds is 4. The van der Waals surface area contributed by atoms with Crippen molar-refractivity contribution >= 4 is 17.7 Å². The Morgan fingerprint density at radius 2 is 1.62 bits per heavy atom. The second kappa shape index (κ2) is 7.85. The number of hydrogen-bond acceptors (Lipinski definition) is 7. The second-order valence-corrected chi connectivity index (χ2v) is 6.99. The molecule has 2 aliphatic heterocycles. The van der Waals surface area contributed by atoms with Gasteiger partial charge in [-0.05, 0) is 37.8 Å². The minimum atomic E-state index is 0.575. The number of piperidine rings is 1. The van der Waals surface area contributed by atoms with Gasteiger partial charge in [0.15, 0.2) is 0 Å². The van der Waals surface area contributed by atoms with Gasteiger partial charge in [0.25, 0.3) is 0 Å². The van der Waals surface area contributed by atoms with Crippen molar-refractivity contribution in [2.45, 2.75) is 38.6 Å². The van der Waals surface area contributed by atoms with Crippen LogP contribution < -0.4 is 14.7 Å². The van der Waals surface area contributed by atoms with E-state index in [1.54, 1.807) is 12.4 Å². The predicted molar refractivity (Wildman–Crippen MR) is 104 cm³/mol. The molecule has 0 radical (unpaired) electrons. The summed E-state index contributed by atoms with van der Waals surface area (Å²) < 4.78 is 0. The Morgan fingerprint density at radius 1 is 0.885 bits per heavy atom. The van der Waals surface area contributed by atoms with Crippen molar-refractivity contribution in [3.05, 3.63) is 30.7 Å². The van der Waals surface area contributed by atoms with Gasteiger partial charge in [-0.1, -0.05) is 6.92 Å². The molecule has 4 heterocycles. The zero-order chi connectivity index (χ0) is 17.8. The molecule has 1 unspecified atom stereocenters. The molecule has 26 heavy (non-hydrogen) atoms. The van der Waals surface area contributed by atoms with Gasteiger partial charge >= 0.3 is 0 Å². The minimum absolute atomic E-state index is 0.575. The zero-order valence-corrected chi connectivity index (χ0v) is 15.5. The summed E-state index contributed by atoms with van der Waals surface area (Å²) in [6.45, 7) is 6.99. The van der Waals surface area contributed by atoms with Crippen LogP contribution in [0.5, 0.6) is 0 Å². The van der Waals surface area contributed by atoms with Crippen LogP contribution in [0.1, 0.15) is 32.6 Å². The highest BCUT2D eigenvalue weighted by Gasteiger charge is 2.25. The summed E-state index contributed by atoms with van der Waals surface area (Å²) in [7, 11) is 0. The third-order valence-corrected chi connectivity index (χ3v) is 5.42. The van der Waals surface area contributed by atoms with E-state index in [2.05, 4.69) is 36.6 Å². The lowest BCUT2D eigenvalue weighted by Crippen LogP contribution is -2.47. The van der Waals surface area contributed by atoms with Crippen LogP contribution in [-0.2, 0) is 0 Å². The molecule has 0 aliphatic carbocycles. The molecule has 2 saturated heterocycles. The maximum Gasteiger partial charge on any atom is 0.227 e. The van der Waals surface area contributed by atoms with Crippen LogP contribution in [0.4, 0.5) is 17.7 Å². The molecule has 138 valence electrons. The molecule has 7 nitrogen and oxygen atoms in total. The monoisotopic (exact) mass is 353 g/mol. The van der Waals surface area contributed by atoms with Gasteiger partial charge in [0.05, 0.1) is 0 Å². The van der Waals surface area contributed by atoms with Crippen LogP contribution in [0.3, 0.4) is 0 Å². The standard InChI is InChI=1S/C19H27N7/c1-2-16-6-3-4-11-26(16)19-22-10-7-17(23-19)24-12-14-25(15-13-24)18-20-8-5-9-21-18/h5,7-10,16H,2-4,6,11-15H2,1H3. The summed E-state index contributed by atoms with van der Waals surface area (Å²) in [5.74, 6) is 2.74. The van der Waals surface area contributed by atoms with Gasteiger partial charge in [-0.25, -0.2) is 15.0 Å². The first kappa shape index (κ1) is 17.0. The van der Waals surface area contributed by atoms with Crippen LogP contribution in [0.25, 0.3) is 0 Å². The quantitative estimate of drug-likeness (QED) is 0.836. The summed E-state index contributed by atoms with van der Waals surface area (Å²) in [5.41, 5.74) is 0. The first-order valence-electron chi connectivity index (χ1n) is 9.72. The van der Waals surface area contributed by atoms with Gasteiger partial charge in [0, 0.05) is 57.4 Å². The smallest absolute Gasteiger partial charge is 0.227 e. The number of anilines is 3. The van der Waals surface area contributed by atoms with Crippen molar-refractivity contribution in [2.75, 3.05) is 47.4 Å². The van der Waals surface area contributed by atoms with E-state index >= 15 is 0 Å². The lowest BCUT2D eigenvalue weighted by atomic mass is 10.0. The molecule has 0 spiro atoms. The molecule has 2 aliphatic rings. The lowest BCUT2D eigenvalue weighted by molar-refractivity contribution is 0.443. The van der Waals surface area contributed by atoms with Gasteiger partial charge in [-0.2, -0.15) is 4.98 Å². The summed E-state index contributed by atoms with van der Waals surface area (Å²) in [6, 6.07) is 4.46. The molecule has 0 amide bonds. The highest BCUT2D eigenvalue weighted by molar-refractivity contribution is 5.46. The van der Waals surface area contributed by atoms with E-state index in [0.29, 0.717) is 6.04 Å². The van der Waals surface area contributed by atoms with Gasteiger partial charge in [-0.3, -0.25) is 0 Å². The van der Waals surface area contributed by atoms with E-state index in [1.807, 2.05) is 18.3 Å². The lowest BCUT2D eigenvalue weighted by Gasteiger charge is -2.37. The first-order chi connectivity index (χ1) is 12.8. The van der Waals surface area contributed by atoms with Crippen molar-refractivity contribution < 1.29 is 0 Å². The molecule has 0 N–H and O–H groups in total. The first-order valence-corrected chi connectivity index (χ1v) is 9.72. The van der Waals surface area contributed by atoms with Crippen molar-refractivity contribution in [3.8, 4) is 0 Å². The number of piperazine rings is 1. The molecule has 0 saturated carbocycles. The summed E-state index contributed by atoms with van der Waals surface area (Å²) in [4.78, 5) is 25.2. The van der Waals surface area contributed by atoms with Crippen LogP contribution in [-0.4, -0.2) is 58.7 Å². The Labute approximate surface area is 155 Å². The van der Waals surface area contributed by atoms with Crippen LogP contribution in [0.15, 0.2) is 30.7 Å². The molecule has 0 bridgehead atoms. The largest absolute Gasteiger partial charge is 0.353 e. The maximum atomic E-state index is 4.91. The highest BCUT2D eigenvalue weighted by Crippen LogP contribution is 2.25. The molecule has 0 aromatic carbocycles. The Morgan fingerprint density at radius 3 is 2.38 bits per heavy atom. The Balaban J connectivity index is 1.44. The minimum Gasteiger partial charge on any atom is -0.353 e. The highest BCUT2D eigenvalue weighted by atomic mass is 15.4. The summed E-state index contributed by atoms with van der Waals surface area (Å²) in [5, 5.41) is 0. The Kier molecular flexibility index (Phi) is 5.13. The van der Waals surface area contributed by atoms with E-state index in [1.165, 1.54) is 19.3 Å². The average molecular weight is 353 g/mol. The fraction of sp³-hybridized carbons (Fsp3) is 0.579. The second-order valence-electron chi connectivity index (χ2n) is 6.99. The third-order valence-electron chi connectivity index (χ3n) is 5.42. The van der Waals surface area contributed by atoms with E-state index in [4.69, 9.17) is 4.98 Å². The molecule has 7 heteroatoms. The fourth-order valence-electron chi connectivity index (χ4n) is 3.93. The Bertz CT molecular complexity index is 700. The molecule has 2 aromatic heterocycles. The third kappa shape index (κ3) is 3.57. The fourth-order valence-corrected chi connectivity index (χ4v) is 3.93. The maximum absolute atomic E-state index is 4.91. The summed E-state index contributed by atoms with van der Waals surface area (Å²) >= 11 is 0. The van der Waals surface area contributed by atoms with Crippen molar-refractivity contribution in [1.29, 1.82) is 0 Å². The number of aromatic nitrogens is 4. The zero-order valence-electron chi connectivity index (χ0n) is 15.5. The van der Waals surface area contributed by atoms with Crippen molar-refractivity contribution in [1.82, 2.24) is 19.9 Å². The van der Waals surface area contributed by atoms with E-state index in [9.17, 15) is 0 Å². The summed E-state index contributed by atoms with van der Waals surface area (Å²) in [6.07, 6.45) is 10.5. The van der Waals surface area contributed by atoms with E-state index in [-0.39, 0.29) is 0 Å². The van der Waals surface area contributed by atoms with Gasteiger partial charge in [0.2, 0.25) is 11.9 Å². The van der Waals surface area contributed by atoms with Crippen LogP contribution in [0.2, 0.25) is 0 Å². The molecular formula is C19H27N7. The van der Waals surface area contributed by atoms with Gasteiger partial charge in [0.1, 0.15) is 5.82 Å². The molecular weight excluding hydrogens is 326 g/mol. The van der Waals surface area contributed by atoms with Crippen LogP contribution >= 0.6 is 0 Å². The number of nitrogens with zero attached hydrogens (tertiary/aromatic N) is 7. The van der Waals surface area contributed by atoms with E-state index < -0.39 is 0 Å². The van der Waals surface area contributed by atoms with E-state index in [0.717, 1.165) is 56.9 Å². The van der Waals surface area contributed by atoms with Gasteiger partial charge < -0.3 is 14.7 Å². The average Bonchev–Trinajstić information content (AvgIpc) is 2.74. The number of hydrogen-bond donors (Lipinski definition) is 0. The van der Waals surface area contributed by atoms with Crippen LogP contribution in [0, 0.1) is 0 Å². The topological polar surface area (TPSA) is 61.3 Å². The van der Waals surface area contributed by atoms with Gasteiger partial charge in [-0.15, -0.1) is 0 Å². The predicted octanol–water partition coefficient (Wildman–Crippen LogP) is 2.36. The SMILES string of the molecule is CCC1CCCCN1c1nccc(N2CCN(c3ncccn3)CC2)n1. The Hall–Kier alpha value is -2.44. The molecule has 2 aromatic rings. The molecule has 4 rings (SSSR count). The molecule has 1 atom stereocenters. The molecule has 2 fully saturated rings. The normalized spacial score (nSPS) is 21.1.